The largest absolute Gasteiger partial charge is 0.330 e. The molecular weight excluding hydrogens is 179 g/mol. The zero-order valence-corrected chi connectivity index (χ0v) is 8.04. The standard InChI is InChI=1S/C11H15FN2/c12-10-3-1-2-8(4-10)11-7-14-6-9(11)5-13/h1-4,9,11,14H,5-7,13H2. The molecule has 0 spiro atoms. The van der Waals surface area contributed by atoms with Crippen LogP contribution in [0.4, 0.5) is 4.39 Å². The maximum Gasteiger partial charge on any atom is 0.123 e. The number of nitrogens with two attached hydrogens (primary N) is 1. The third kappa shape index (κ3) is 1.79. The van der Waals surface area contributed by atoms with Crippen LogP contribution in [-0.4, -0.2) is 19.6 Å². The number of halogens is 1. The quantitative estimate of drug-likeness (QED) is 0.739. The fourth-order valence-electron chi connectivity index (χ4n) is 2.11. The van der Waals surface area contributed by atoms with Gasteiger partial charge in [0.05, 0.1) is 0 Å². The molecule has 2 rings (SSSR count). The highest BCUT2D eigenvalue weighted by Crippen LogP contribution is 2.27. The second-order valence-electron chi connectivity index (χ2n) is 3.82. The van der Waals surface area contributed by atoms with Gasteiger partial charge in [-0.05, 0) is 36.7 Å². The number of benzene rings is 1. The van der Waals surface area contributed by atoms with E-state index in [0.29, 0.717) is 18.4 Å². The first-order valence-corrected chi connectivity index (χ1v) is 4.97. The lowest BCUT2D eigenvalue weighted by Crippen LogP contribution is -2.21. The van der Waals surface area contributed by atoms with Crippen LogP contribution in [-0.2, 0) is 0 Å². The Hall–Kier alpha value is -0.930. The summed E-state index contributed by atoms with van der Waals surface area (Å²) in [5.74, 6) is 0.651. The molecule has 1 aromatic carbocycles. The zero-order valence-electron chi connectivity index (χ0n) is 8.04. The van der Waals surface area contributed by atoms with Crippen molar-refractivity contribution in [3.8, 4) is 0 Å². The molecule has 14 heavy (non-hydrogen) atoms. The molecular formula is C11H15FN2. The number of hydrogen-bond donors (Lipinski definition) is 2. The van der Waals surface area contributed by atoms with Gasteiger partial charge in [-0.1, -0.05) is 12.1 Å². The van der Waals surface area contributed by atoms with Crippen molar-refractivity contribution >= 4 is 0 Å². The minimum absolute atomic E-state index is 0.162. The van der Waals surface area contributed by atoms with E-state index >= 15 is 0 Å². The van der Waals surface area contributed by atoms with E-state index in [1.807, 2.05) is 6.07 Å². The first-order valence-electron chi connectivity index (χ1n) is 4.97. The minimum atomic E-state index is -0.162. The lowest BCUT2D eigenvalue weighted by molar-refractivity contribution is 0.526. The lowest BCUT2D eigenvalue weighted by Gasteiger charge is -2.16. The van der Waals surface area contributed by atoms with Crippen molar-refractivity contribution in [2.45, 2.75) is 5.92 Å². The van der Waals surface area contributed by atoms with Gasteiger partial charge in [-0.25, -0.2) is 4.39 Å². The Kier molecular flexibility index (Phi) is 2.79. The highest BCUT2D eigenvalue weighted by Gasteiger charge is 2.27. The predicted octanol–water partition coefficient (Wildman–Crippen LogP) is 1.09. The van der Waals surface area contributed by atoms with Gasteiger partial charge in [0.15, 0.2) is 0 Å². The number of hydrogen-bond acceptors (Lipinski definition) is 2. The van der Waals surface area contributed by atoms with E-state index in [0.717, 1.165) is 18.7 Å². The van der Waals surface area contributed by atoms with Crippen molar-refractivity contribution in [1.82, 2.24) is 5.32 Å². The lowest BCUT2D eigenvalue weighted by atomic mass is 9.89. The molecule has 1 heterocycles. The van der Waals surface area contributed by atoms with Crippen LogP contribution < -0.4 is 11.1 Å². The van der Waals surface area contributed by atoms with Crippen LogP contribution in [0.3, 0.4) is 0 Å². The Morgan fingerprint density at radius 2 is 2.29 bits per heavy atom. The molecule has 1 aromatic rings. The molecule has 0 saturated carbocycles. The Balaban J connectivity index is 2.21. The molecule has 0 bridgehead atoms. The van der Waals surface area contributed by atoms with Gasteiger partial charge >= 0.3 is 0 Å². The van der Waals surface area contributed by atoms with Crippen molar-refractivity contribution < 1.29 is 4.39 Å². The van der Waals surface area contributed by atoms with Crippen LogP contribution >= 0.6 is 0 Å². The molecule has 1 aliphatic heterocycles. The Morgan fingerprint density at radius 1 is 1.43 bits per heavy atom. The molecule has 0 amide bonds. The summed E-state index contributed by atoms with van der Waals surface area (Å²) in [6, 6.07) is 6.82. The highest BCUT2D eigenvalue weighted by atomic mass is 19.1. The van der Waals surface area contributed by atoms with Gasteiger partial charge in [0, 0.05) is 12.5 Å². The van der Waals surface area contributed by atoms with Crippen molar-refractivity contribution in [2.24, 2.45) is 11.7 Å². The molecule has 0 radical (unpaired) electrons. The van der Waals surface area contributed by atoms with Gasteiger partial charge in [0.1, 0.15) is 5.82 Å². The van der Waals surface area contributed by atoms with Crippen molar-refractivity contribution in [1.29, 1.82) is 0 Å². The van der Waals surface area contributed by atoms with Crippen LogP contribution in [0.15, 0.2) is 24.3 Å². The smallest absolute Gasteiger partial charge is 0.123 e. The van der Waals surface area contributed by atoms with E-state index in [1.54, 1.807) is 12.1 Å². The normalized spacial score (nSPS) is 26.7. The molecule has 2 nitrogen and oxygen atoms in total. The average molecular weight is 194 g/mol. The molecule has 2 atom stereocenters. The van der Waals surface area contributed by atoms with Gasteiger partial charge in [0.25, 0.3) is 0 Å². The first kappa shape index (κ1) is 9.62. The zero-order chi connectivity index (χ0) is 9.97. The maximum absolute atomic E-state index is 13.0. The van der Waals surface area contributed by atoms with E-state index in [-0.39, 0.29) is 5.82 Å². The molecule has 3 N–H and O–H groups in total. The summed E-state index contributed by atoms with van der Waals surface area (Å²) >= 11 is 0. The number of nitrogens with one attached hydrogen (secondary N) is 1. The van der Waals surface area contributed by atoms with E-state index in [9.17, 15) is 4.39 Å². The molecule has 3 heteroatoms. The molecule has 2 unspecified atom stereocenters. The summed E-state index contributed by atoms with van der Waals surface area (Å²) in [5, 5.41) is 3.29. The van der Waals surface area contributed by atoms with E-state index < -0.39 is 0 Å². The summed E-state index contributed by atoms with van der Waals surface area (Å²) in [6.45, 7) is 2.51. The van der Waals surface area contributed by atoms with Gasteiger partial charge < -0.3 is 11.1 Å². The van der Waals surface area contributed by atoms with E-state index in [1.165, 1.54) is 6.07 Å². The monoisotopic (exact) mass is 194 g/mol. The van der Waals surface area contributed by atoms with Crippen molar-refractivity contribution in [3.63, 3.8) is 0 Å². The summed E-state index contributed by atoms with van der Waals surface area (Å²) in [7, 11) is 0. The third-order valence-electron chi connectivity index (χ3n) is 2.92. The topological polar surface area (TPSA) is 38.0 Å². The second-order valence-corrected chi connectivity index (χ2v) is 3.82. The van der Waals surface area contributed by atoms with E-state index in [2.05, 4.69) is 5.32 Å². The van der Waals surface area contributed by atoms with Gasteiger partial charge in [-0.3, -0.25) is 0 Å². The molecule has 1 fully saturated rings. The van der Waals surface area contributed by atoms with Gasteiger partial charge in [-0.15, -0.1) is 0 Å². The third-order valence-corrected chi connectivity index (χ3v) is 2.92. The summed E-state index contributed by atoms with van der Waals surface area (Å²) in [4.78, 5) is 0. The van der Waals surface area contributed by atoms with Crippen LogP contribution in [0.5, 0.6) is 0 Å². The minimum Gasteiger partial charge on any atom is -0.330 e. The van der Waals surface area contributed by atoms with Crippen LogP contribution in [0.2, 0.25) is 0 Å². The average Bonchev–Trinajstić information content (AvgIpc) is 2.65. The Labute approximate surface area is 83.3 Å². The molecule has 0 aliphatic carbocycles. The fourth-order valence-corrected chi connectivity index (χ4v) is 2.11. The molecule has 1 saturated heterocycles. The molecule has 0 aromatic heterocycles. The SMILES string of the molecule is NCC1CNCC1c1cccc(F)c1. The van der Waals surface area contributed by atoms with Crippen LogP contribution in [0.25, 0.3) is 0 Å². The van der Waals surface area contributed by atoms with E-state index in [4.69, 9.17) is 5.73 Å². The molecule has 1 aliphatic rings. The Bertz CT molecular complexity index is 314. The summed E-state index contributed by atoms with van der Waals surface area (Å²) in [5.41, 5.74) is 6.73. The second kappa shape index (κ2) is 4.07. The maximum atomic E-state index is 13.0. The van der Waals surface area contributed by atoms with Crippen molar-refractivity contribution in [3.05, 3.63) is 35.6 Å². The molecule has 76 valence electrons. The summed E-state index contributed by atoms with van der Waals surface area (Å²) in [6.07, 6.45) is 0. The fraction of sp³-hybridized carbons (Fsp3) is 0.455. The predicted molar refractivity (Wildman–Crippen MR) is 54.6 cm³/mol. The Morgan fingerprint density at radius 3 is 3.00 bits per heavy atom. The first-order chi connectivity index (χ1) is 6.81. The number of rotatable bonds is 2. The van der Waals surface area contributed by atoms with Gasteiger partial charge in [0.2, 0.25) is 0 Å². The van der Waals surface area contributed by atoms with Crippen LogP contribution in [0, 0.1) is 11.7 Å². The van der Waals surface area contributed by atoms with Gasteiger partial charge in [-0.2, -0.15) is 0 Å². The van der Waals surface area contributed by atoms with Crippen LogP contribution in [0.1, 0.15) is 11.5 Å². The summed E-state index contributed by atoms with van der Waals surface area (Å²) < 4.78 is 13.0. The highest BCUT2D eigenvalue weighted by molar-refractivity contribution is 5.23. The van der Waals surface area contributed by atoms with Crippen molar-refractivity contribution in [2.75, 3.05) is 19.6 Å².